The van der Waals surface area contributed by atoms with Crippen LogP contribution in [0.4, 0.5) is 11.6 Å². The number of nitrogens with one attached hydrogen (secondary N) is 3. The molecule has 6 nitrogen and oxygen atoms in total. The van der Waals surface area contributed by atoms with E-state index < -0.39 is 0 Å². The zero-order chi connectivity index (χ0) is 13.2. The Hall–Kier alpha value is -1.85. The van der Waals surface area contributed by atoms with Gasteiger partial charge in [0, 0.05) is 26.1 Å². The minimum Gasteiger partial charge on any atom is -0.369 e. The lowest BCUT2D eigenvalue weighted by atomic mass is 10.3. The third-order valence-corrected chi connectivity index (χ3v) is 2.22. The van der Waals surface area contributed by atoms with Crippen LogP contribution in [0.1, 0.15) is 26.7 Å². The second-order valence-corrected chi connectivity index (χ2v) is 3.85. The third kappa shape index (κ3) is 5.47. The minimum atomic E-state index is 0.0557. The number of carbonyl (C=O) groups excluding carboxylic acids is 1. The number of nitrogens with zero attached hydrogens (tertiary/aromatic N) is 2. The second kappa shape index (κ2) is 8.27. The quantitative estimate of drug-likeness (QED) is 0.648. The molecule has 0 aliphatic carbocycles. The minimum absolute atomic E-state index is 0.0557. The summed E-state index contributed by atoms with van der Waals surface area (Å²) in [5.41, 5.74) is 0. The molecular weight excluding hydrogens is 230 g/mol. The van der Waals surface area contributed by atoms with E-state index in [9.17, 15) is 4.79 Å². The molecule has 1 amide bonds. The summed E-state index contributed by atoms with van der Waals surface area (Å²) in [6, 6.07) is 0. The maximum Gasteiger partial charge on any atom is 0.221 e. The summed E-state index contributed by atoms with van der Waals surface area (Å²) in [6.45, 7) is 6.12. The second-order valence-electron chi connectivity index (χ2n) is 3.85. The van der Waals surface area contributed by atoms with Crippen LogP contribution in [0.5, 0.6) is 0 Å². The normalized spacial score (nSPS) is 9.89. The van der Waals surface area contributed by atoms with E-state index >= 15 is 0 Å². The number of hydrogen-bond donors (Lipinski definition) is 3. The van der Waals surface area contributed by atoms with Crippen molar-refractivity contribution in [3.05, 3.63) is 12.4 Å². The summed E-state index contributed by atoms with van der Waals surface area (Å²) >= 11 is 0. The van der Waals surface area contributed by atoms with Crippen LogP contribution in [-0.4, -0.2) is 35.5 Å². The topological polar surface area (TPSA) is 78.9 Å². The molecule has 0 radical (unpaired) electrons. The molecule has 3 N–H and O–H groups in total. The van der Waals surface area contributed by atoms with Crippen LogP contribution in [0, 0.1) is 0 Å². The first-order valence-electron chi connectivity index (χ1n) is 6.32. The number of amides is 1. The van der Waals surface area contributed by atoms with E-state index in [-0.39, 0.29) is 5.91 Å². The molecule has 1 aromatic heterocycles. The van der Waals surface area contributed by atoms with Crippen LogP contribution in [-0.2, 0) is 4.79 Å². The van der Waals surface area contributed by atoms with E-state index in [0.29, 0.717) is 18.8 Å². The molecule has 0 aliphatic heterocycles. The van der Waals surface area contributed by atoms with Crippen molar-refractivity contribution in [1.82, 2.24) is 15.3 Å². The van der Waals surface area contributed by atoms with Gasteiger partial charge in [-0.2, -0.15) is 0 Å². The highest BCUT2D eigenvalue weighted by molar-refractivity contribution is 5.76. The van der Waals surface area contributed by atoms with Crippen LogP contribution in [0.15, 0.2) is 12.4 Å². The molecular formula is C12H21N5O. The summed E-state index contributed by atoms with van der Waals surface area (Å²) < 4.78 is 0. The number of anilines is 2. The molecule has 1 rings (SSSR count). The predicted octanol–water partition coefficient (Wildman–Crippen LogP) is 1.24. The fourth-order valence-corrected chi connectivity index (χ4v) is 1.37. The molecule has 0 bridgehead atoms. The van der Waals surface area contributed by atoms with Crippen LogP contribution >= 0.6 is 0 Å². The van der Waals surface area contributed by atoms with Gasteiger partial charge in [0.25, 0.3) is 0 Å². The summed E-state index contributed by atoms with van der Waals surface area (Å²) in [4.78, 5) is 19.7. The van der Waals surface area contributed by atoms with Crippen molar-refractivity contribution in [3.63, 3.8) is 0 Å². The van der Waals surface area contributed by atoms with Crippen molar-refractivity contribution in [2.24, 2.45) is 0 Å². The first kappa shape index (κ1) is 14.2. The van der Waals surface area contributed by atoms with Crippen molar-refractivity contribution in [1.29, 1.82) is 0 Å². The zero-order valence-electron chi connectivity index (χ0n) is 11.0. The van der Waals surface area contributed by atoms with Gasteiger partial charge in [-0.05, 0) is 13.3 Å². The zero-order valence-corrected chi connectivity index (χ0v) is 11.0. The lowest BCUT2D eigenvalue weighted by molar-refractivity contribution is -0.120. The highest BCUT2D eigenvalue weighted by Gasteiger charge is 2.01. The van der Waals surface area contributed by atoms with Crippen LogP contribution in [0.2, 0.25) is 0 Å². The van der Waals surface area contributed by atoms with E-state index in [2.05, 4.69) is 25.9 Å². The van der Waals surface area contributed by atoms with Crippen LogP contribution in [0.25, 0.3) is 0 Å². The molecule has 100 valence electrons. The molecule has 1 aromatic rings. The van der Waals surface area contributed by atoms with Crippen LogP contribution < -0.4 is 16.0 Å². The first-order valence-corrected chi connectivity index (χ1v) is 6.32. The number of rotatable bonds is 8. The van der Waals surface area contributed by atoms with Gasteiger partial charge < -0.3 is 16.0 Å². The van der Waals surface area contributed by atoms with Crippen molar-refractivity contribution in [2.75, 3.05) is 30.3 Å². The molecule has 0 unspecified atom stereocenters. The Bertz CT molecular complexity index is 369. The standard InChI is InChI=1S/C12H21N5O/c1-3-6-16-12(18)5-7-15-11-9-13-8-10(17-11)14-4-2/h8-9H,3-7H2,1-2H3,(H,16,18)(H2,14,15,17). The van der Waals surface area contributed by atoms with E-state index in [1.807, 2.05) is 13.8 Å². The molecule has 0 aromatic carbocycles. The molecule has 0 spiro atoms. The van der Waals surface area contributed by atoms with E-state index in [0.717, 1.165) is 25.3 Å². The summed E-state index contributed by atoms with van der Waals surface area (Å²) in [5.74, 6) is 1.47. The van der Waals surface area contributed by atoms with E-state index in [1.54, 1.807) is 12.4 Å². The lowest BCUT2D eigenvalue weighted by Crippen LogP contribution is -2.26. The molecule has 18 heavy (non-hydrogen) atoms. The molecule has 0 atom stereocenters. The lowest BCUT2D eigenvalue weighted by Gasteiger charge is -2.07. The Morgan fingerprint density at radius 2 is 1.89 bits per heavy atom. The molecule has 1 heterocycles. The average molecular weight is 251 g/mol. The number of aromatic nitrogens is 2. The van der Waals surface area contributed by atoms with Crippen molar-refractivity contribution in [2.45, 2.75) is 26.7 Å². The third-order valence-electron chi connectivity index (χ3n) is 2.22. The van der Waals surface area contributed by atoms with Crippen molar-refractivity contribution >= 4 is 17.5 Å². The smallest absolute Gasteiger partial charge is 0.221 e. The summed E-state index contributed by atoms with van der Waals surface area (Å²) in [6.07, 6.45) is 4.70. The van der Waals surface area contributed by atoms with Gasteiger partial charge >= 0.3 is 0 Å². The largest absolute Gasteiger partial charge is 0.369 e. The first-order chi connectivity index (χ1) is 8.76. The Morgan fingerprint density at radius 1 is 1.17 bits per heavy atom. The van der Waals surface area contributed by atoms with Gasteiger partial charge in [0.1, 0.15) is 11.6 Å². The molecule has 0 aliphatic rings. The Balaban J connectivity index is 2.30. The van der Waals surface area contributed by atoms with Gasteiger partial charge in [-0.15, -0.1) is 0 Å². The summed E-state index contributed by atoms with van der Waals surface area (Å²) in [5, 5.41) is 8.98. The van der Waals surface area contributed by atoms with Gasteiger partial charge in [-0.25, -0.2) is 4.98 Å². The Kier molecular flexibility index (Phi) is 6.53. The van der Waals surface area contributed by atoms with Gasteiger partial charge in [0.05, 0.1) is 12.4 Å². The van der Waals surface area contributed by atoms with Gasteiger partial charge in [-0.3, -0.25) is 9.78 Å². The van der Waals surface area contributed by atoms with E-state index in [4.69, 9.17) is 0 Å². The summed E-state index contributed by atoms with van der Waals surface area (Å²) in [7, 11) is 0. The van der Waals surface area contributed by atoms with Crippen LogP contribution in [0.3, 0.4) is 0 Å². The fourth-order valence-electron chi connectivity index (χ4n) is 1.37. The average Bonchev–Trinajstić information content (AvgIpc) is 2.37. The maximum atomic E-state index is 11.4. The predicted molar refractivity (Wildman–Crippen MR) is 72.6 cm³/mol. The van der Waals surface area contributed by atoms with Crippen molar-refractivity contribution in [3.8, 4) is 0 Å². The van der Waals surface area contributed by atoms with E-state index in [1.165, 1.54) is 0 Å². The number of hydrogen-bond acceptors (Lipinski definition) is 5. The fraction of sp³-hybridized carbons (Fsp3) is 0.583. The molecule has 6 heteroatoms. The van der Waals surface area contributed by atoms with Crippen molar-refractivity contribution < 1.29 is 4.79 Å². The Labute approximate surface area is 108 Å². The van der Waals surface area contributed by atoms with Gasteiger partial charge in [0.2, 0.25) is 5.91 Å². The Morgan fingerprint density at radius 3 is 2.56 bits per heavy atom. The highest BCUT2D eigenvalue weighted by Crippen LogP contribution is 2.05. The van der Waals surface area contributed by atoms with Gasteiger partial charge in [-0.1, -0.05) is 6.92 Å². The maximum absolute atomic E-state index is 11.4. The SMILES string of the molecule is CCCNC(=O)CCNc1cncc(NCC)n1. The monoisotopic (exact) mass is 251 g/mol. The van der Waals surface area contributed by atoms with Gasteiger partial charge in [0.15, 0.2) is 0 Å². The molecule has 0 fully saturated rings. The number of carbonyl (C=O) groups is 1. The highest BCUT2D eigenvalue weighted by atomic mass is 16.1. The molecule has 0 saturated heterocycles. The molecule has 0 saturated carbocycles.